The van der Waals surface area contributed by atoms with Crippen LogP contribution in [0.1, 0.15) is 33.1 Å². The van der Waals surface area contributed by atoms with E-state index < -0.39 is 0 Å². The molecule has 0 atom stereocenters. The van der Waals surface area contributed by atoms with Gasteiger partial charge in [-0.05, 0) is 12.8 Å². The Labute approximate surface area is 78.4 Å². The van der Waals surface area contributed by atoms with Crippen LogP contribution in [-0.4, -0.2) is 23.3 Å². The van der Waals surface area contributed by atoms with E-state index in [-0.39, 0.29) is 11.8 Å². The monoisotopic (exact) mass is 181 g/mol. The maximum Gasteiger partial charge on any atom is 0.256 e. The van der Waals surface area contributed by atoms with Crippen LogP contribution < -0.4 is 0 Å². The van der Waals surface area contributed by atoms with Crippen LogP contribution in [-0.2, 0) is 9.59 Å². The van der Waals surface area contributed by atoms with E-state index >= 15 is 0 Å². The predicted molar refractivity (Wildman–Crippen MR) is 50.0 cm³/mol. The van der Waals surface area contributed by atoms with Crippen LogP contribution in [0.3, 0.4) is 0 Å². The van der Waals surface area contributed by atoms with Gasteiger partial charge in [0, 0.05) is 19.0 Å². The van der Waals surface area contributed by atoms with E-state index in [0.29, 0.717) is 6.54 Å². The molecule has 0 bridgehead atoms. The summed E-state index contributed by atoms with van der Waals surface area (Å²) in [5.74, 6) is -0.256. The van der Waals surface area contributed by atoms with E-state index in [0.717, 1.165) is 24.8 Å². The Bertz CT molecular complexity index is 256. The van der Waals surface area contributed by atoms with Gasteiger partial charge in [-0.25, -0.2) is 0 Å². The van der Waals surface area contributed by atoms with Crippen LogP contribution in [0.2, 0.25) is 0 Å². The van der Waals surface area contributed by atoms with Gasteiger partial charge in [0.2, 0.25) is 5.91 Å². The lowest BCUT2D eigenvalue weighted by molar-refractivity contribution is -0.139. The van der Waals surface area contributed by atoms with Crippen molar-refractivity contribution in [1.29, 1.82) is 0 Å². The molecule has 0 fully saturated rings. The highest BCUT2D eigenvalue weighted by atomic mass is 16.2. The number of unbranched alkanes of at least 4 members (excludes halogenated alkanes) is 1. The first-order valence-corrected chi connectivity index (χ1v) is 4.68. The Morgan fingerprint density at radius 1 is 1.62 bits per heavy atom. The van der Waals surface area contributed by atoms with Gasteiger partial charge < -0.3 is 0 Å². The van der Waals surface area contributed by atoms with Gasteiger partial charge in [0.25, 0.3) is 5.91 Å². The molecule has 1 heterocycles. The summed E-state index contributed by atoms with van der Waals surface area (Å²) in [7, 11) is 0. The van der Waals surface area contributed by atoms with Crippen molar-refractivity contribution in [2.75, 3.05) is 6.54 Å². The summed E-state index contributed by atoms with van der Waals surface area (Å²) in [6.07, 6.45) is 4.76. The topological polar surface area (TPSA) is 37.4 Å². The van der Waals surface area contributed by atoms with Crippen molar-refractivity contribution >= 4 is 11.8 Å². The second-order valence-corrected chi connectivity index (χ2v) is 3.27. The lowest BCUT2D eigenvalue weighted by Gasteiger charge is -2.10. The van der Waals surface area contributed by atoms with Crippen molar-refractivity contribution in [3.8, 4) is 0 Å². The number of carbonyl (C=O) groups excluding carboxylic acids is 2. The molecule has 0 saturated heterocycles. The number of rotatable bonds is 3. The Kier molecular flexibility index (Phi) is 3.23. The van der Waals surface area contributed by atoms with Crippen molar-refractivity contribution in [3.05, 3.63) is 11.6 Å². The summed E-state index contributed by atoms with van der Waals surface area (Å²) in [5.41, 5.74) is 0.803. The lowest BCUT2D eigenvalue weighted by Crippen LogP contribution is -2.31. The molecule has 0 radical (unpaired) electrons. The van der Waals surface area contributed by atoms with Crippen molar-refractivity contribution in [2.24, 2.45) is 0 Å². The number of carbonyl (C=O) groups is 2. The number of nitrogens with zero attached hydrogens (tertiary/aromatic N) is 1. The minimum atomic E-state index is -0.159. The first-order chi connectivity index (χ1) is 6.16. The molecule has 2 amide bonds. The summed E-state index contributed by atoms with van der Waals surface area (Å²) in [5, 5.41) is 0. The van der Waals surface area contributed by atoms with Gasteiger partial charge >= 0.3 is 0 Å². The van der Waals surface area contributed by atoms with E-state index in [1.807, 2.05) is 6.08 Å². The zero-order chi connectivity index (χ0) is 9.84. The first-order valence-electron chi connectivity index (χ1n) is 4.68. The van der Waals surface area contributed by atoms with E-state index in [1.165, 1.54) is 11.8 Å². The highest BCUT2D eigenvalue weighted by molar-refractivity contribution is 6.05. The molecule has 0 N–H and O–H groups in total. The van der Waals surface area contributed by atoms with Crippen molar-refractivity contribution in [3.63, 3.8) is 0 Å². The third kappa shape index (κ3) is 2.17. The molecule has 0 saturated carbocycles. The van der Waals surface area contributed by atoms with Crippen molar-refractivity contribution in [1.82, 2.24) is 4.90 Å². The summed E-state index contributed by atoms with van der Waals surface area (Å²) in [4.78, 5) is 23.7. The molecule has 0 aliphatic carbocycles. The number of hydrogen-bond acceptors (Lipinski definition) is 2. The van der Waals surface area contributed by atoms with Gasteiger partial charge in [0.1, 0.15) is 0 Å². The summed E-state index contributed by atoms with van der Waals surface area (Å²) in [6.45, 7) is 3.98. The highest BCUT2D eigenvalue weighted by Crippen LogP contribution is 2.16. The number of amides is 2. The van der Waals surface area contributed by atoms with E-state index in [4.69, 9.17) is 0 Å². The van der Waals surface area contributed by atoms with E-state index in [9.17, 15) is 9.59 Å². The van der Waals surface area contributed by atoms with Gasteiger partial charge in [-0.1, -0.05) is 19.4 Å². The molecule has 0 aromatic heterocycles. The highest BCUT2D eigenvalue weighted by Gasteiger charge is 2.25. The Hall–Kier alpha value is -1.12. The fourth-order valence-electron chi connectivity index (χ4n) is 1.39. The maximum absolute atomic E-state index is 11.5. The predicted octanol–water partition coefficient (Wildman–Crippen LogP) is 1.49. The van der Waals surface area contributed by atoms with Gasteiger partial charge in [-0.3, -0.25) is 14.5 Å². The molecule has 1 aliphatic heterocycles. The summed E-state index contributed by atoms with van der Waals surface area (Å²) < 4.78 is 0. The largest absolute Gasteiger partial charge is 0.275 e. The third-order valence-electron chi connectivity index (χ3n) is 2.22. The molecule has 1 rings (SSSR count). The van der Waals surface area contributed by atoms with Crippen molar-refractivity contribution in [2.45, 2.75) is 33.1 Å². The smallest absolute Gasteiger partial charge is 0.256 e. The molecule has 72 valence electrons. The Balaban J connectivity index is 2.53. The zero-order valence-electron chi connectivity index (χ0n) is 8.17. The average Bonchev–Trinajstić information content (AvgIpc) is 2.43. The molecular formula is C10H15NO2. The van der Waals surface area contributed by atoms with E-state index in [2.05, 4.69) is 6.92 Å². The molecule has 3 nitrogen and oxygen atoms in total. The minimum Gasteiger partial charge on any atom is -0.275 e. The van der Waals surface area contributed by atoms with Gasteiger partial charge in [-0.2, -0.15) is 0 Å². The fraction of sp³-hybridized carbons (Fsp3) is 0.600. The minimum absolute atomic E-state index is 0.0963. The van der Waals surface area contributed by atoms with Crippen LogP contribution >= 0.6 is 0 Å². The van der Waals surface area contributed by atoms with E-state index in [1.54, 1.807) is 0 Å². The first kappa shape index (κ1) is 9.96. The maximum atomic E-state index is 11.5. The summed E-state index contributed by atoms with van der Waals surface area (Å²) >= 11 is 0. The van der Waals surface area contributed by atoms with Crippen LogP contribution in [0, 0.1) is 0 Å². The van der Waals surface area contributed by atoms with Crippen molar-refractivity contribution < 1.29 is 9.59 Å². The molecule has 3 heteroatoms. The molecule has 0 aromatic rings. The summed E-state index contributed by atoms with van der Waals surface area (Å²) in [6, 6.07) is 0. The van der Waals surface area contributed by atoms with Crippen LogP contribution in [0.25, 0.3) is 0 Å². The fourth-order valence-corrected chi connectivity index (χ4v) is 1.39. The molecule has 13 heavy (non-hydrogen) atoms. The van der Waals surface area contributed by atoms with Crippen LogP contribution in [0.5, 0.6) is 0 Å². The van der Waals surface area contributed by atoms with Gasteiger partial charge in [0.05, 0.1) is 0 Å². The molecule has 1 aliphatic rings. The lowest BCUT2D eigenvalue weighted by atomic mass is 10.1. The average molecular weight is 181 g/mol. The molecular weight excluding hydrogens is 166 g/mol. The molecule has 0 aromatic carbocycles. The third-order valence-corrected chi connectivity index (χ3v) is 2.22. The number of hydrogen-bond donors (Lipinski definition) is 0. The van der Waals surface area contributed by atoms with Gasteiger partial charge in [0.15, 0.2) is 0 Å². The Morgan fingerprint density at radius 2 is 2.31 bits per heavy atom. The van der Waals surface area contributed by atoms with Crippen LogP contribution in [0.15, 0.2) is 11.6 Å². The standard InChI is InChI=1S/C10H15NO2/c1-3-4-5-9-6-7-11(8(2)12)10(9)13/h6H,3-5,7H2,1-2H3. The van der Waals surface area contributed by atoms with Crippen LogP contribution in [0.4, 0.5) is 0 Å². The Morgan fingerprint density at radius 3 is 2.77 bits per heavy atom. The SMILES string of the molecule is CCCCC1=CCN(C(C)=O)C1=O. The second-order valence-electron chi connectivity index (χ2n) is 3.27. The van der Waals surface area contributed by atoms with Gasteiger partial charge in [-0.15, -0.1) is 0 Å². The number of imide groups is 1. The second kappa shape index (κ2) is 4.21. The zero-order valence-corrected chi connectivity index (χ0v) is 8.17. The normalized spacial score (nSPS) is 16.3. The quantitative estimate of drug-likeness (QED) is 0.661. The molecule has 0 unspecified atom stereocenters. The molecule has 0 spiro atoms.